The van der Waals surface area contributed by atoms with Crippen molar-refractivity contribution in [3.05, 3.63) is 30.6 Å². The molecule has 0 bridgehead atoms. The average molecular weight is 281 g/mol. The zero-order valence-electron chi connectivity index (χ0n) is 10.7. The minimum Gasteiger partial charge on any atom is -0.208 e. The van der Waals surface area contributed by atoms with Gasteiger partial charge in [-0.1, -0.05) is 6.92 Å². The van der Waals surface area contributed by atoms with Gasteiger partial charge in [0.15, 0.2) is 0 Å². The lowest BCUT2D eigenvalue weighted by molar-refractivity contribution is 0.556. The molecule has 0 amide bonds. The van der Waals surface area contributed by atoms with Crippen molar-refractivity contribution in [2.24, 2.45) is 0 Å². The second-order valence-corrected chi connectivity index (χ2v) is 5.89. The van der Waals surface area contributed by atoms with E-state index in [-0.39, 0.29) is 10.9 Å². The molecule has 102 valence electrons. The predicted molar refractivity (Wildman–Crippen MR) is 69.2 cm³/mol. The van der Waals surface area contributed by atoms with E-state index < -0.39 is 10.0 Å². The Hall–Kier alpha value is -1.80. The van der Waals surface area contributed by atoms with E-state index >= 15 is 0 Å². The van der Waals surface area contributed by atoms with Gasteiger partial charge in [-0.2, -0.15) is 0 Å². The van der Waals surface area contributed by atoms with Gasteiger partial charge in [-0.25, -0.2) is 17.8 Å². The highest BCUT2D eigenvalue weighted by Gasteiger charge is 2.16. The monoisotopic (exact) mass is 281 g/mol. The standard InChI is InChI=1S/C11H15N5O2S/c1-3-9(2)13-19(17,18)11-6-4-10(5-7-11)16-8-12-14-15-16/h4-9,13H,3H2,1-2H3/t9-/m1/s1. The maximum atomic E-state index is 12.0. The summed E-state index contributed by atoms with van der Waals surface area (Å²) in [4.78, 5) is 0.227. The molecule has 1 heterocycles. The molecule has 0 spiro atoms. The van der Waals surface area contributed by atoms with Crippen LogP contribution in [0.25, 0.3) is 5.69 Å². The molecule has 0 saturated heterocycles. The fraction of sp³-hybridized carbons (Fsp3) is 0.364. The highest BCUT2D eigenvalue weighted by molar-refractivity contribution is 7.89. The van der Waals surface area contributed by atoms with Crippen molar-refractivity contribution in [1.82, 2.24) is 24.9 Å². The molecule has 19 heavy (non-hydrogen) atoms. The van der Waals surface area contributed by atoms with Gasteiger partial charge in [0.25, 0.3) is 0 Å². The Morgan fingerprint density at radius 2 is 2.00 bits per heavy atom. The van der Waals surface area contributed by atoms with Gasteiger partial charge in [0.05, 0.1) is 10.6 Å². The first-order valence-corrected chi connectivity index (χ1v) is 7.37. The first-order valence-electron chi connectivity index (χ1n) is 5.88. The van der Waals surface area contributed by atoms with Crippen molar-refractivity contribution in [2.75, 3.05) is 0 Å². The molecule has 0 unspecified atom stereocenters. The molecule has 0 saturated carbocycles. The van der Waals surface area contributed by atoms with Gasteiger partial charge in [-0.3, -0.25) is 0 Å². The number of nitrogens with one attached hydrogen (secondary N) is 1. The van der Waals surface area contributed by atoms with Crippen molar-refractivity contribution in [3.8, 4) is 5.69 Å². The van der Waals surface area contributed by atoms with Crippen LogP contribution in [0.1, 0.15) is 20.3 Å². The number of rotatable bonds is 5. The highest BCUT2D eigenvalue weighted by atomic mass is 32.2. The van der Waals surface area contributed by atoms with Crippen LogP contribution in [0.4, 0.5) is 0 Å². The predicted octanol–water partition coefficient (Wildman–Crippen LogP) is 0.739. The molecule has 1 aromatic heterocycles. The maximum absolute atomic E-state index is 12.0. The first kappa shape index (κ1) is 13.6. The molecular weight excluding hydrogens is 266 g/mol. The van der Waals surface area contributed by atoms with Crippen LogP contribution < -0.4 is 4.72 Å². The largest absolute Gasteiger partial charge is 0.240 e. The van der Waals surface area contributed by atoms with E-state index in [0.717, 1.165) is 6.42 Å². The summed E-state index contributed by atoms with van der Waals surface area (Å²) in [7, 11) is -3.47. The summed E-state index contributed by atoms with van der Waals surface area (Å²) in [6, 6.07) is 6.27. The summed E-state index contributed by atoms with van der Waals surface area (Å²) in [6.45, 7) is 3.75. The minimum absolute atomic E-state index is 0.0933. The van der Waals surface area contributed by atoms with Crippen LogP contribution in [-0.4, -0.2) is 34.7 Å². The number of sulfonamides is 1. The molecule has 7 nitrogen and oxygen atoms in total. The van der Waals surface area contributed by atoms with Crippen molar-refractivity contribution in [1.29, 1.82) is 0 Å². The lowest BCUT2D eigenvalue weighted by Gasteiger charge is -2.12. The van der Waals surface area contributed by atoms with E-state index in [1.54, 1.807) is 12.1 Å². The van der Waals surface area contributed by atoms with Gasteiger partial charge in [0, 0.05) is 6.04 Å². The lowest BCUT2D eigenvalue weighted by atomic mass is 10.3. The average Bonchev–Trinajstić information content (AvgIpc) is 2.92. The van der Waals surface area contributed by atoms with E-state index in [9.17, 15) is 8.42 Å². The smallest absolute Gasteiger partial charge is 0.208 e. The van der Waals surface area contributed by atoms with Crippen LogP contribution in [-0.2, 0) is 10.0 Å². The fourth-order valence-corrected chi connectivity index (χ4v) is 2.80. The fourth-order valence-electron chi connectivity index (χ4n) is 1.47. The van der Waals surface area contributed by atoms with Crippen molar-refractivity contribution >= 4 is 10.0 Å². The molecule has 1 N–H and O–H groups in total. The molecule has 2 aromatic rings. The topological polar surface area (TPSA) is 89.8 Å². The molecule has 0 aliphatic carbocycles. The second-order valence-electron chi connectivity index (χ2n) is 4.18. The Kier molecular flexibility index (Phi) is 3.91. The van der Waals surface area contributed by atoms with Gasteiger partial charge in [-0.15, -0.1) is 5.10 Å². The number of benzene rings is 1. The molecule has 0 radical (unpaired) electrons. The maximum Gasteiger partial charge on any atom is 0.240 e. The third kappa shape index (κ3) is 3.15. The van der Waals surface area contributed by atoms with E-state index in [2.05, 4.69) is 20.2 Å². The number of hydrogen-bond acceptors (Lipinski definition) is 5. The van der Waals surface area contributed by atoms with E-state index in [4.69, 9.17) is 0 Å². The molecule has 1 atom stereocenters. The number of tetrazole rings is 1. The van der Waals surface area contributed by atoms with Gasteiger partial charge < -0.3 is 0 Å². The molecule has 1 aromatic carbocycles. The Labute approximate surface area is 111 Å². The first-order chi connectivity index (χ1) is 9.03. The Bertz CT molecular complexity index is 622. The van der Waals surface area contributed by atoms with Gasteiger partial charge in [-0.05, 0) is 48.0 Å². The van der Waals surface area contributed by atoms with Crippen LogP contribution in [0.5, 0.6) is 0 Å². The summed E-state index contributed by atoms with van der Waals surface area (Å²) in [5, 5.41) is 10.8. The van der Waals surface area contributed by atoms with Crippen molar-refractivity contribution < 1.29 is 8.42 Å². The van der Waals surface area contributed by atoms with E-state index in [1.807, 2.05) is 13.8 Å². The van der Waals surface area contributed by atoms with Crippen LogP contribution >= 0.6 is 0 Å². The summed E-state index contributed by atoms with van der Waals surface area (Å²) in [5.41, 5.74) is 0.701. The summed E-state index contributed by atoms with van der Waals surface area (Å²) in [5.74, 6) is 0. The van der Waals surface area contributed by atoms with Crippen molar-refractivity contribution in [3.63, 3.8) is 0 Å². The van der Waals surface area contributed by atoms with Crippen LogP contribution in [0.2, 0.25) is 0 Å². The SMILES string of the molecule is CC[C@@H](C)NS(=O)(=O)c1ccc(-n2cnnn2)cc1. The molecule has 8 heteroatoms. The summed E-state index contributed by atoms with van der Waals surface area (Å²) < 4.78 is 28.1. The van der Waals surface area contributed by atoms with Gasteiger partial charge in [0.1, 0.15) is 6.33 Å². The summed E-state index contributed by atoms with van der Waals surface area (Å²) in [6.07, 6.45) is 2.18. The molecule has 0 fully saturated rings. The van der Waals surface area contributed by atoms with Gasteiger partial charge in [0.2, 0.25) is 10.0 Å². The Morgan fingerprint density at radius 1 is 1.32 bits per heavy atom. The molecule has 0 aliphatic heterocycles. The van der Waals surface area contributed by atoms with E-state index in [0.29, 0.717) is 5.69 Å². The quantitative estimate of drug-likeness (QED) is 0.873. The molecule has 2 rings (SSSR count). The van der Waals surface area contributed by atoms with Crippen LogP contribution in [0.3, 0.4) is 0 Å². The number of nitrogens with zero attached hydrogens (tertiary/aromatic N) is 4. The lowest BCUT2D eigenvalue weighted by Crippen LogP contribution is -2.31. The van der Waals surface area contributed by atoms with Crippen LogP contribution in [0, 0.1) is 0 Å². The zero-order chi connectivity index (χ0) is 13.9. The third-order valence-electron chi connectivity index (χ3n) is 2.73. The molecule has 0 aliphatic rings. The third-order valence-corrected chi connectivity index (χ3v) is 4.33. The zero-order valence-corrected chi connectivity index (χ0v) is 11.5. The van der Waals surface area contributed by atoms with E-state index in [1.165, 1.54) is 23.1 Å². The van der Waals surface area contributed by atoms with Gasteiger partial charge >= 0.3 is 0 Å². The Morgan fingerprint density at radius 3 is 2.53 bits per heavy atom. The molecular formula is C11H15N5O2S. The normalized spacial score (nSPS) is 13.4. The van der Waals surface area contributed by atoms with Crippen molar-refractivity contribution in [2.45, 2.75) is 31.2 Å². The summed E-state index contributed by atoms with van der Waals surface area (Å²) >= 11 is 0. The highest BCUT2D eigenvalue weighted by Crippen LogP contribution is 2.13. The number of aromatic nitrogens is 4. The number of hydrogen-bond donors (Lipinski definition) is 1. The Balaban J connectivity index is 2.23. The second kappa shape index (κ2) is 5.45. The minimum atomic E-state index is -3.47. The van der Waals surface area contributed by atoms with Crippen LogP contribution in [0.15, 0.2) is 35.5 Å².